The molecule has 0 aliphatic heterocycles. The van der Waals surface area contributed by atoms with Crippen LogP contribution >= 0.6 is 0 Å². The van der Waals surface area contributed by atoms with Gasteiger partial charge in [-0.25, -0.2) is 0 Å². The van der Waals surface area contributed by atoms with Gasteiger partial charge >= 0.3 is 0 Å². The molecule has 3 rings (SSSR count). The van der Waals surface area contributed by atoms with Gasteiger partial charge in [0.25, 0.3) is 0 Å². The highest BCUT2D eigenvalue weighted by molar-refractivity contribution is 5.78. The fraction of sp³-hybridized carbons (Fsp3) is 0.476. The van der Waals surface area contributed by atoms with E-state index in [0.29, 0.717) is 25.6 Å². The number of hydrogen-bond donors (Lipinski definition) is 1. The Kier molecular flexibility index (Phi) is 7.02. The van der Waals surface area contributed by atoms with Crippen LogP contribution in [0.4, 0.5) is 0 Å². The minimum Gasteiger partial charge on any atom is -0.494 e. The maximum atomic E-state index is 12.1. The SMILES string of the molecule is CCOc1ccc(-c2ccc(OCCNC(=O)C3CCCCC3)nn2)cc1. The summed E-state index contributed by atoms with van der Waals surface area (Å²) in [6.45, 7) is 3.47. The van der Waals surface area contributed by atoms with Crippen LogP contribution in [0, 0.1) is 5.92 Å². The first-order valence-corrected chi connectivity index (χ1v) is 9.73. The second-order valence-electron chi connectivity index (χ2n) is 6.69. The van der Waals surface area contributed by atoms with E-state index in [-0.39, 0.29) is 11.8 Å². The average molecular weight is 369 g/mol. The van der Waals surface area contributed by atoms with Gasteiger partial charge in [0.1, 0.15) is 12.4 Å². The molecule has 1 aromatic heterocycles. The van der Waals surface area contributed by atoms with Crippen molar-refractivity contribution < 1.29 is 14.3 Å². The number of carbonyl (C=O) groups is 1. The highest BCUT2D eigenvalue weighted by Gasteiger charge is 2.20. The van der Waals surface area contributed by atoms with Crippen molar-refractivity contribution in [2.75, 3.05) is 19.8 Å². The Labute approximate surface area is 160 Å². The molecule has 0 spiro atoms. The van der Waals surface area contributed by atoms with Crippen LogP contribution in [0.5, 0.6) is 11.6 Å². The Morgan fingerprint density at radius 1 is 1.04 bits per heavy atom. The van der Waals surface area contributed by atoms with Gasteiger partial charge in [0, 0.05) is 17.5 Å². The van der Waals surface area contributed by atoms with E-state index in [9.17, 15) is 4.79 Å². The minimum absolute atomic E-state index is 0.148. The van der Waals surface area contributed by atoms with Gasteiger partial charge in [0.15, 0.2) is 0 Å². The molecule has 1 aliphatic rings. The summed E-state index contributed by atoms with van der Waals surface area (Å²) in [7, 11) is 0. The second kappa shape index (κ2) is 9.90. The van der Waals surface area contributed by atoms with Crippen molar-refractivity contribution in [3.05, 3.63) is 36.4 Å². The van der Waals surface area contributed by atoms with Crippen LogP contribution in [0.2, 0.25) is 0 Å². The maximum absolute atomic E-state index is 12.1. The van der Waals surface area contributed by atoms with Crippen molar-refractivity contribution in [2.45, 2.75) is 39.0 Å². The number of aromatic nitrogens is 2. The standard InChI is InChI=1S/C21H27N3O3/c1-2-26-18-10-8-16(9-11-18)19-12-13-20(24-23-19)27-15-14-22-21(25)17-6-4-3-5-7-17/h8-13,17H,2-7,14-15H2,1H3,(H,22,25). The molecule has 6 heteroatoms. The van der Waals surface area contributed by atoms with Crippen molar-refractivity contribution >= 4 is 5.91 Å². The number of rotatable bonds is 8. The van der Waals surface area contributed by atoms with Crippen LogP contribution in [-0.4, -0.2) is 35.9 Å². The highest BCUT2D eigenvalue weighted by atomic mass is 16.5. The van der Waals surface area contributed by atoms with Gasteiger partial charge < -0.3 is 14.8 Å². The Hall–Kier alpha value is -2.63. The quantitative estimate of drug-likeness (QED) is 0.720. The van der Waals surface area contributed by atoms with Crippen LogP contribution in [0.25, 0.3) is 11.3 Å². The molecular weight excluding hydrogens is 342 g/mol. The molecule has 1 N–H and O–H groups in total. The fourth-order valence-corrected chi connectivity index (χ4v) is 3.28. The van der Waals surface area contributed by atoms with Gasteiger partial charge in [-0.3, -0.25) is 4.79 Å². The van der Waals surface area contributed by atoms with E-state index in [4.69, 9.17) is 9.47 Å². The molecule has 1 aliphatic carbocycles. The third kappa shape index (κ3) is 5.67. The van der Waals surface area contributed by atoms with Crippen molar-refractivity contribution in [3.63, 3.8) is 0 Å². The molecule has 144 valence electrons. The summed E-state index contributed by atoms with van der Waals surface area (Å²) < 4.78 is 11.0. The van der Waals surface area contributed by atoms with Crippen LogP contribution in [0.1, 0.15) is 39.0 Å². The maximum Gasteiger partial charge on any atom is 0.233 e. The predicted molar refractivity (Wildman–Crippen MR) is 104 cm³/mol. The number of hydrogen-bond acceptors (Lipinski definition) is 5. The summed E-state index contributed by atoms with van der Waals surface area (Å²) in [5.74, 6) is 1.61. The van der Waals surface area contributed by atoms with E-state index in [0.717, 1.165) is 42.7 Å². The van der Waals surface area contributed by atoms with E-state index in [2.05, 4.69) is 15.5 Å². The van der Waals surface area contributed by atoms with Crippen LogP contribution in [0.15, 0.2) is 36.4 Å². The molecule has 1 saturated carbocycles. The van der Waals surface area contributed by atoms with Gasteiger partial charge in [0.2, 0.25) is 11.8 Å². The topological polar surface area (TPSA) is 73.3 Å². The van der Waals surface area contributed by atoms with E-state index >= 15 is 0 Å². The lowest BCUT2D eigenvalue weighted by Crippen LogP contribution is -2.34. The summed E-state index contributed by atoms with van der Waals surface area (Å²) in [6, 6.07) is 11.4. The lowest BCUT2D eigenvalue weighted by atomic mass is 9.89. The van der Waals surface area contributed by atoms with Gasteiger partial charge in [-0.1, -0.05) is 19.3 Å². The third-order valence-corrected chi connectivity index (χ3v) is 4.73. The molecule has 1 aromatic carbocycles. The number of benzene rings is 1. The molecule has 0 saturated heterocycles. The average Bonchev–Trinajstić information content (AvgIpc) is 2.73. The van der Waals surface area contributed by atoms with E-state index in [1.807, 2.05) is 37.3 Å². The first kappa shape index (κ1) is 19.1. The molecule has 6 nitrogen and oxygen atoms in total. The summed E-state index contributed by atoms with van der Waals surface area (Å²) in [6.07, 6.45) is 5.57. The Morgan fingerprint density at radius 3 is 2.48 bits per heavy atom. The van der Waals surface area contributed by atoms with E-state index in [1.165, 1.54) is 6.42 Å². The molecule has 27 heavy (non-hydrogen) atoms. The Balaban J connectivity index is 1.43. The third-order valence-electron chi connectivity index (χ3n) is 4.73. The van der Waals surface area contributed by atoms with Crippen molar-refractivity contribution in [3.8, 4) is 22.9 Å². The predicted octanol–water partition coefficient (Wildman–Crippen LogP) is 3.62. The van der Waals surface area contributed by atoms with E-state index in [1.54, 1.807) is 6.07 Å². The van der Waals surface area contributed by atoms with Crippen LogP contribution in [0.3, 0.4) is 0 Å². The lowest BCUT2D eigenvalue weighted by Gasteiger charge is -2.20. The number of carbonyl (C=O) groups excluding carboxylic acids is 1. The zero-order valence-electron chi connectivity index (χ0n) is 15.8. The number of ether oxygens (including phenoxy) is 2. The first-order chi connectivity index (χ1) is 13.3. The largest absolute Gasteiger partial charge is 0.494 e. The van der Waals surface area contributed by atoms with Gasteiger partial charge in [-0.2, -0.15) is 0 Å². The minimum atomic E-state index is 0.148. The molecule has 2 aromatic rings. The molecule has 0 bridgehead atoms. The number of nitrogens with zero attached hydrogens (tertiary/aromatic N) is 2. The fourth-order valence-electron chi connectivity index (χ4n) is 3.28. The zero-order valence-corrected chi connectivity index (χ0v) is 15.8. The number of nitrogens with one attached hydrogen (secondary N) is 1. The summed E-state index contributed by atoms with van der Waals surface area (Å²) in [4.78, 5) is 12.1. The molecule has 1 heterocycles. The summed E-state index contributed by atoms with van der Waals surface area (Å²) in [5.41, 5.74) is 1.74. The van der Waals surface area contributed by atoms with Gasteiger partial charge in [-0.15, -0.1) is 10.2 Å². The smallest absolute Gasteiger partial charge is 0.233 e. The number of amides is 1. The molecule has 0 atom stereocenters. The zero-order chi connectivity index (χ0) is 18.9. The van der Waals surface area contributed by atoms with E-state index < -0.39 is 0 Å². The Morgan fingerprint density at radius 2 is 1.81 bits per heavy atom. The van der Waals surface area contributed by atoms with Gasteiger partial charge in [-0.05, 0) is 50.1 Å². The Bertz CT molecular complexity index is 710. The molecular formula is C21H27N3O3. The first-order valence-electron chi connectivity index (χ1n) is 9.73. The van der Waals surface area contributed by atoms with Crippen LogP contribution < -0.4 is 14.8 Å². The molecule has 1 amide bonds. The van der Waals surface area contributed by atoms with Crippen LogP contribution in [-0.2, 0) is 4.79 Å². The molecule has 0 unspecified atom stereocenters. The monoisotopic (exact) mass is 369 g/mol. The summed E-state index contributed by atoms with van der Waals surface area (Å²) in [5, 5.41) is 11.3. The normalized spacial score (nSPS) is 14.6. The molecule has 1 fully saturated rings. The van der Waals surface area contributed by atoms with Crippen molar-refractivity contribution in [2.24, 2.45) is 5.92 Å². The highest BCUT2D eigenvalue weighted by Crippen LogP contribution is 2.23. The van der Waals surface area contributed by atoms with Crippen molar-refractivity contribution in [1.82, 2.24) is 15.5 Å². The lowest BCUT2D eigenvalue weighted by molar-refractivity contribution is -0.126. The summed E-state index contributed by atoms with van der Waals surface area (Å²) >= 11 is 0. The van der Waals surface area contributed by atoms with Gasteiger partial charge in [0.05, 0.1) is 18.8 Å². The molecule has 0 radical (unpaired) electrons. The second-order valence-corrected chi connectivity index (χ2v) is 6.69. The van der Waals surface area contributed by atoms with Crippen molar-refractivity contribution in [1.29, 1.82) is 0 Å².